The molecular formula is C17H15ClN2OS. The number of hydrogen-bond acceptors (Lipinski definition) is 2. The first-order chi connectivity index (χ1) is 10.7. The van der Waals surface area contributed by atoms with Crippen LogP contribution in [0.5, 0.6) is 0 Å². The van der Waals surface area contributed by atoms with Crippen molar-refractivity contribution in [3.8, 4) is 0 Å². The minimum atomic E-state index is 0.0290. The highest BCUT2D eigenvalue weighted by Gasteiger charge is 2.24. The molecule has 0 fully saturated rings. The zero-order valence-corrected chi connectivity index (χ0v) is 13.4. The van der Waals surface area contributed by atoms with Gasteiger partial charge in [0.2, 0.25) is 0 Å². The van der Waals surface area contributed by atoms with Crippen molar-refractivity contribution >= 4 is 39.7 Å². The number of nitrogens with one attached hydrogen (secondary N) is 2. The van der Waals surface area contributed by atoms with Crippen molar-refractivity contribution in [1.29, 1.82) is 0 Å². The summed E-state index contributed by atoms with van der Waals surface area (Å²) in [5.41, 5.74) is 3.69. The second kappa shape index (κ2) is 5.45. The first-order valence-corrected chi connectivity index (χ1v) is 8.60. The quantitative estimate of drug-likeness (QED) is 0.727. The number of aromatic nitrogens is 1. The van der Waals surface area contributed by atoms with E-state index in [1.807, 2.05) is 35.7 Å². The molecule has 0 saturated heterocycles. The predicted octanol–water partition coefficient (Wildman–Crippen LogP) is 4.17. The first-order valence-electron chi connectivity index (χ1n) is 7.34. The van der Waals surface area contributed by atoms with E-state index in [0.717, 1.165) is 34.7 Å². The van der Waals surface area contributed by atoms with Crippen LogP contribution in [0.15, 0.2) is 35.7 Å². The Morgan fingerprint density at radius 1 is 1.36 bits per heavy atom. The number of benzene rings is 1. The van der Waals surface area contributed by atoms with E-state index < -0.39 is 0 Å². The molecule has 112 valence electrons. The lowest BCUT2D eigenvalue weighted by Gasteiger charge is -2.23. The van der Waals surface area contributed by atoms with E-state index in [1.165, 1.54) is 28.0 Å². The van der Waals surface area contributed by atoms with E-state index in [9.17, 15) is 4.79 Å². The Morgan fingerprint density at radius 2 is 2.27 bits per heavy atom. The largest absolute Gasteiger partial charge is 0.358 e. The number of fused-ring (bicyclic) bond motifs is 3. The maximum Gasteiger partial charge on any atom is 0.261 e. The molecule has 1 aromatic carbocycles. The Bertz CT molecular complexity index is 838. The Balaban J connectivity index is 1.59. The summed E-state index contributed by atoms with van der Waals surface area (Å²) in [5.74, 6) is 0.0290. The summed E-state index contributed by atoms with van der Waals surface area (Å²) in [5, 5.41) is 7.01. The Morgan fingerprint density at radius 3 is 3.09 bits per heavy atom. The van der Waals surface area contributed by atoms with Crippen molar-refractivity contribution < 1.29 is 4.79 Å². The van der Waals surface area contributed by atoms with Crippen LogP contribution in [-0.4, -0.2) is 16.9 Å². The third-order valence-electron chi connectivity index (χ3n) is 4.23. The second-order valence-electron chi connectivity index (χ2n) is 5.66. The molecule has 3 nitrogen and oxygen atoms in total. The van der Waals surface area contributed by atoms with Crippen molar-refractivity contribution in [1.82, 2.24) is 10.3 Å². The minimum absolute atomic E-state index is 0.0290. The average Bonchev–Trinajstić information content (AvgIpc) is 3.14. The smallest absolute Gasteiger partial charge is 0.261 e. The fourth-order valence-corrected chi connectivity index (χ4v) is 3.98. The summed E-state index contributed by atoms with van der Waals surface area (Å²) in [6, 6.07) is 9.88. The van der Waals surface area contributed by atoms with Gasteiger partial charge in [0.1, 0.15) is 0 Å². The molecule has 0 bridgehead atoms. The zero-order chi connectivity index (χ0) is 15.1. The van der Waals surface area contributed by atoms with Crippen molar-refractivity contribution in [3.63, 3.8) is 0 Å². The molecule has 2 aromatic heterocycles. The van der Waals surface area contributed by atoms with Gasteiger partial charge in [0.25, 0.3) is 5.91 Å². The van der Waals surface area contributed by atoms with Gasteiger partial charge in [-0.25, -0.2) is 0 Å². The van der Waals surface area contributed by atoms with Gasteiger partial charge in [-0.1, -0.05) is 17.7 Å². The zero-order valence-electron chi connectivity index (χ0n) is 11.9. The SMILES string of the molecule is O=C(NC1CCc2[nH]c3ccc(Cl)cc3c2C1)c1cccs1. The highest BCUT2D eigenvalue weighted by Crippen LogP contribution is 2.31. The van der Waals surface area contributed by atoms with Crippen molar-refractivity contribution in [2.75, 3.05) is 0 Å². The number of halogens is 1. The molecule has 1 aliphatic rings. The molecule has 4 rings (SSSR count). The van der Waals surface area contributed by atoms with E-state index in [0.29, 0.717) is 0 Å². The van der Waals surface area contributed by atoms with E-state index >= 15 is 0 Å². The molecule has 22 heavy (non-hydrogen) atoms. The van der Waals surface area contributed by atoms with E-state index in [4.69, 9.17) is 11.6 Å². The Labute approximate surface area is 137 Å². The summed E-state index contributed by atoms with van der Waals surface area (Å²) < 4.78 is 0. The molecule has 0 radical (unpaired) electrons. The number of rotatable bonds is 2. The number of carbonyl (C=O) groups is 1. The molecular weight excluding hydrogens is 316 g/mol. The Kier molecular flexibility index (Phi) is 3.43. The topological polar surface area (TPSA) is 44.9 Å². The van der Waals surface area contributed by atoms with Crippen LogP contribution in [0.2, 0.25) is 5.02 Å². The van der Waals surface area contributed by atoms with Gasteiger partial charge in [0.15, 0.2) is 0 Å². The number of hydrogen-bond donors (Lipinski definition) is 2. The first kappa shape index (κ1) is 13.9. The van der Waals surface area contributed by atoms with Crippen LogP contribution in [0.3, 0.4) is 0 Å². The summed E-state index contributed by atoms with van der Waals surface area (Å²) in [6.45, 7) is 0. The highest BCUT2D eigenvalue weighted by molar-refractivity contribution is 7.12. The minimum Gasteiger partial charge on any atom is -0.358 e. The van der Waals surface area contributed by atoms with E-state index in [-0.39, 0.29) is 11.9 Å². The standard InChI is InChI=1S/C17H15ClN2OS/c18-10-3-5-14-12(8-10)13-9-11(4-6-15(13)20-14)19-17(21)16-2-1-7-22-16/h1-3,5,7-8,11,20H,4,6,9H2,(H,19,21). The molecule has 1 unspecified atom stereocenters. The third-order valence-corrected chi connectivity index (χ3v) is 5.33. The molecule has 0 aliphatic heterocycles. The summed E-state index contributed by atoms with van der Waals surface area (Å²) in [7, 11) is 0. The van der Waals surface area contributed by atoms with Gasteiger partial charge in [0, 0.05) is 27.7 Å². The number of aromatic amines is 1. The molecule has 5 heteroatoms. The molecule has 1 aliphatic carbocycles. The molecule has 1 atom stereocenters. The fraction of sp³-hybridized carbons (Fsp3) is 0.235. The van der Waals surface area contributed by atoms with Crippen LogP contribution in [0.1, 0.15) is 27.3 Å². The van der Waals surface area contributed by atoms with Crippen LogP contribution in [-0.2, 0) is 12.8 Å². The van der Waals surface area contributed by atoms with Crippen LogP contribution < -0.4 is 5.32 Å². The average molecular weight is 331 g/mol. The number of aryl methyl sites for hydroxylation is 1. The molecule has 2 N–H and O–H groups in total. The lowest BCUT2D eigenvalue weighted by atomic mass is 9.91. The lowest BCUT2D eigenvalue weighted by Crippen LogP contribution is -2.38. The predicted molar refractivity (Wildman–Crippen MR) is 90.9 cm³/mol. The maximum absolute atomic E-state index is 12.2. The fourth-order valence-electron chi connectivity index (χ4n) is 3.18. The van der Waals surface area contributed by atoms with E-state index in [2.05, 4.69) is 10.3 Å². The van der Waals surface area contributed by atoms with Gasteiger partial charge in [-0.05, 0) is 54.5 Å². The highest BCUT2D eigenvalue weighted by atomic mass is 35.5. The number of thiophene rings is 1. The summed E-state index contributed by atoms with van der Waals surface area (Å²) in [6.07, 6.45) is 2.77. The van der Waals surface area contributed by atoms with Crippen molar-refractivity contribution in [2.24, 2.45) is 0 Å². The lowest BCUT2D eigenvalue weighted by molar-refractivity contribution is 0.0938. The van der Waals surface area contributed by atoms with Gasteiger partial charge in [-0.3, -0.25) is 4.79 Å². The molecule has 0 spiro atoms. The molecule has 3 aromatic rings. The van der Waals surface area contributed by atoms with Crippen molar-refractivity contribution in [3.05, 3.63) is 56.9 Å². The second-order valence-corrected chi connectivity index (χ2v) is 7.05. The van der Waals surface area contributed by atoms with Crippen molar-refractivity contribution in [2.45, 2.75) is 25.3 Å². The van der Waals surface area contributed by atoms with Crippen LogP contribution in [0.4, 0.5) is 0 Å². The third kappa shape index (κ3) is 2.42. The monoisotopic (exact) mass is 330 g/mol. The van der Waals surface area contributed by atoms with Gasteiger partial charge < -0.3 is 10.3 Å². The van der Waals surface area contributed by atoms with Crippen LogP contribution in [0, 0.1) is 0 Å². The maximum atomic E-state index is 12.2. The van der Waals surface area contributed by atoms with Gasteiger partial charge in [-0.2, -0.15) is 0 Å². The Hall–Kier alpha value is -1.78. The molecule has 0 saturated carbocycles. The normalized spacial score (nSPS) is 17.4. The van der Waals surface area contributed by atoms with Gasteiger partial charge in [-0.15, -0.1) is 11.3 Å². The van der Waals surface area contributed by atoms with E-state index in [1.54, 1.807) is 0 Å². The number of H-pyrrole nitrogens is 1. The number of carbonyl (C=O) groups excluding carboxylic acids is 1. The van der Waals surface area contributed by atoms with Gasteiger partial charge >= 0.3 is 0 Å². The summed E-state index contributed by atoms with van der Waals surface area (Å²) in [4.78, 5) is 16.5. The molecule has 2 heterocycles. The number of amides is 1. The van der Waals surface area contributed by atoms with Gasteiger partial charge in [0.05, 0.1) is 4.88 Å². The van der Waals surface area contributed by atoms with Crippen LogP contribution >= 0.6 is 22.9 Å². The van der Waals surface area contributed by atoms with Crippen LogP contribution in [0.25, 0.3) is 10.9 Å². The summed E-state index contributed by atoms with van der Waals surface area (Å²) >= 11 is 7.60. The molecule has 1 amide bonds.